The highest BCUT2D eigenvalue weighted by molar-refractivity contribution is 7.46. The van der Waals surface area contributed by atoms with Crippen LogP contribution in [0, 0.1) is 5.41 Å². The first-order valence-corrected chi connectivity index (χ1v) is 6.77. The summed E-state index contributed by atoms with van der Waals surface area (Å²) >= 11 is 0. The van der Waals surface area contributed by atoms with Crippen molar-refractivity contribution in [3.05, 3.63) is 0 Å². The van der Waals surface area contributed by atoms with Crippen molar-refractivity contribution >= 4 is 7.82 Å². The van der Waals surface area contributed by atoms with Crippen LogP contribution in [-0.2, 0) is 13.8 Å². The Morgan fingerprint density at radius 2 is 1.76 bits per heavy atom. The van der Waals surface area contributed by atoms with E-state index in [1.165, 1.54) is 0 Å². The van der Waals surface area contributed by atoms with Crippen molar-refractivity contribution < 1.29 is 33.8 Å². The monoisotopic (exact) mass is 270 g/mol. The summed E-state index contributed by atoms with van der Waals surface area (Å²) in [5.74, 6) is 0. The van der Waals surface area contributed by atoms with E-state index in [9.17, 15) is 14.8 Å². The lowest BCUT2D eigenvalue weighted by molar-refractivity contribution is -0.0631. The Labute approximate surface area is 99.6 Å². The lowest BCUT2D eigenvalue weighted by Crippen LogP contribution is -2.39. The molecule has 4 unspecified atom stereocenters. The Kier molecular flexibility index (Phi) is 4.37. The molecule has 0 saturated carbocycles. The quantitative estimate of drug-likeness (QED) is 0.517. The first kappa shape index (κ1) is 15.0. The molecule has 1 saturated heterocycles. The molecular weight excluding hydrogens is 251 g/mol. The van der Waals surface area contributed by atoms with Gasteiger partial charge < -0.3 is 24.7 Å². The molecule has 7 nitrogen and oxygen atoms in total. The van der Waals surface area contributed by atoms with Gasteiger partial charge in [0.25, 0.3) is 0 Å². The molecule has 1 aliphatic rings. The van der Waals surface area contributed by atoms with Crippen molar-refractivity contribution in [2.75, 3.05) is 6.61 Å². The van der Waals surface area contributed by atoms with Crippen LogP contribution in [0.25, 0.3) is 0 Å². The maximum absolute atomic E-state index is 10.5. The Bertz CT molecular complexity index is 307. The summed E-state index contributed by atoms with van der Waals surface area (Å²) in [5, 5.41) is 19.4. The van der Waals surface area contributed by atoms with Crippen LogP contribution in [0.4, 0.5) is 0 Å². The maximum atomic E-state index is 10.5. The third-order valence-electron chi connectivity index (χ3n) is 2.62. The number of aliphatic hydroxyl groups is 2. The molecule has 102 valence electrons. The van der Waals surface area contributed by atoms with Gasteiger partial charge in [-0.1, -0.05) is 20.8 Å². The molecule has 8 heteroatoms. The SMILES string of the molecule is CC(C)(C)C1OC(COP(=O)(O)O)C(O)C1O. The second-order valence-corrected chi connectivity index (χ2v) is 6.47. The Morgan fingerprint density at radius 1 is 1.24 bits per heavy atom. The van der Waals surface area contributed by atoms with Crippen LogP contribution in [-0.4, -0.2) is 51.0 Å². The van der Waals surface area contributed by atoms with E-state index in [1.54, 1.807) is 0 Å². The molecule has 1 fully saturated rings. The van der Waals surface area contributed by atoms with E-state index in [2.05, 4.69) is 4.52 Å². The van der Waals surface area contributed by atoms with E-state index in [-0.39, 0.29) is 0 Å². The van der Waals surface area contributed by atoms with Gasteiger partial charge in [-0.25, -0.2) is 4.57 Å². The Hall–Kier alpha value is -0.0100. The van der Waals surface area contributed by atoms with Crippen molar-refractivity contribution in [1.82, 2.24) is 0 Å². The van der Waals surface area contributed by atoms with Crippen LogP contribution in [0.2, 0.25) is 0 Å². The molecule has 0 aliphatic carbocycles. The van der Waals surface area contributed by atoms with Crippen LogP contribution in [0.15, 0.2) is 0 Å². The molecule has 0 aromatic rings. The van der Waals surface area contributed by atoms with E-state index in [0.717, 1.165) is 0 Å². The number of phosphoric acid groups is 1. The average Bonchev–Trinajstić information content (AvgIpc) is 2.39. The molecule has 0 aromatic carbocycles. The van der Waals surface area contributed by atoms with E-state index in [1.807, 2.05) is 20.8 Å². The second kappa shape index (κ2) is 4.93. The zero-order valence-electron chi connectivity index (χ0n) is 9.98. The number of ether oxygens (including phenoxy) is 1. The zero-order valence-corrected chi connectivity index (χ0v) is 10.9. The van der Waals surface area contributed by atoms with Gasteiger partial charge in [0.15, 0.2) is 0 Å². The summed E-state index contributed by atoms with van der Waals surface area (Å²) in [5.41, 5.74) is -0.392. The van der Waals surface area contributed by atoms with Gasteiger partial charge in [-0.15, -0.1) is 0 Å². The van der Waals surface area contributed by atoms with E-state index < -0.39 is 44.3 Å². The van der Waals surface area contributed by atoms with Gasteiger partial charge in [0.1, 0.15) is 18.3 Å². The van der Waals surface area contributed by atoms with Crippen molar-refractivity contribution in [1.29, 1.82) is 0 Å². The molecule has 4 N–H and O–H groups in total. The number of hydrogen-bond donors (Lipinski definition) is 4. The molecule has 1 aliphatic heterocycles. The standard InChI is InChI=1S/C9H19O7P/c1-9(2,3)8-7(11)6(10)5(16-8)4-15-17(12,13)14/h5-8,10-11H,4H2,1-3H3,(H2,12,13,14). The van der Waals surface area contributed by atoms with E-state index in [4.69, 9.17) is 14.5 Å². The van der Waals surface area contributed by atoms with Crippen molar-refractivity contribution in [3.8, 4) is 0 Å². The minimum Gasteiger partial charge on any atom is -0.388 e. The number of phosphoric ester groups is 1. The first-order valence-electron chi connectivity index (χ1n) is 5.24. The Morgan fingerprint density at radius 3 is 2.12 bits per heavy atom. The summed E-state index contributed by atoms with van der Waals surface area (Å²) in [7, 11) is -4.60. The molecule has 1 rings (SSSR count). The summed E-state index contributed by atoms with van der Waals surface area (Å²) in [4.78, 5) is 17.1. The molecule has 0 aromatic heterocycles. The lowest BCUT2D eigenvalue weighted by atomic mass is 9.85. The molecule has 4 atom stereocenters. The van der Waals surface area contributed by atoms with Crippen LogP contribution in [0.1, 0.15) is 20.8 Å². The smallest absolute Gasteiger partial charge is 0.388 e. The molecule has 0 spiro atoms. The van der Waals surface area contributed by atoms with E-state index in [0.29, 0.717) is 0 Å². The van der Waals surface area contributed by atoms with Crippen molar-refractivity contribution in [3.63, 3.8) is 0 Å². The molecule has 0 bridgehead atoms. The summed E-state index contributed by atoms with van der Waals surface area (Å²) in [6.07, 6.45) is -3.86. The van der Waals surface area contributed by atoms with Crippen LogP contribution < -0.4 is 0 Å². The fourth-order valence-electron chi connectivity index (χ4n) is 1.77. The number of aliphatic hydroxyl groups excluding tert-OH is 2. The third kappa shape index (κ3) is 3.99. The summed E-state index contributed by atoms with van der Waals surface area (Å²) < 4.78 is 20.2. The second-order valence-electron chi connectivity index (χ2n) is 5.23. The van der Waals surface area contributed by atoms with Gasteiger partial charge in [0.2, 0.25) is 0 Å². The number of hydrogen-bond acceptors (Lipinski definition) is 5. The summed E-state index contributed by atoms with van der Waals surface area (Å²) in [6, 6.07) is 0. The Balaban J connectivity index is 2.63. The largest absolute Gasteiger partial charge is 0.469 e. The molecule has 1 heterocycles. The van der Waals surface area contributed by atoms with Gasteiger partial charge in [0, 0.05) is 0 Å². The highest BCUT2D eigenvalue weighted by Gasteiger charge is 2.48. The predicted octanol–water partition coefficient (Wildman–Crippen LogP) is -0.369. The van der Waals surface area contributed by atoms with Crippen LogP contribution >= 0.6 is 7.82 Å². The molecule has 0 amide bonds. The van der Waals surface area contributed by atoms with Crippen LogP contribution in [0.5, 0.6) is 0 Å². The van der Waals surface area contributed by atoms with Crippen molar-refractivity contribution in [2.24, 2.45) is 5.41 Å². The summed E-state index contributed by atoms with van der Waals surface area (Å²) in [6.45, 7) is 5.04. The number of rotatable bonds is 3. The van der Waals surface area contributed by atoms with Crippen molar-refractivity contribution in [2.45, 2.75) is 45.2 Å². The normalized spacial score (nSPS) is 35.2. The molecular formula is C9H19O7P. The highest BCUT2D eigenvalue weighted by Crippen LogP contribution is 2.39. The molecule has 17 heavy (non-hydrogen) atoms. The minimum atomic E-state index is -4.60. The first-order chi connectivity index (χ1) is 7.52. The van der Waals surface area contributed by atoms with Crippen LogP contribution in [0.3, 0.4) is 0 Å². The third-order valence-corrected chi connectivity index (χ3v) is 3.11. The van der Waals surface area contributed by atoms with Gasteiger partial charge in [0.05, 0.1) is 12.7 Å². The van der Waals surface area contributed by atoms with Gasteiger partial charge in [-0.2, -0.15) is 0 Å². The topological polar surface area (TPSA) is 116 Å². The van der Waals surface area contributed by atoms with Gasteiger partial charge in [-0.3, -0.25) is 4.52 Å². The predicted molar refractivity (Wildman–Crippen MR) is 58.1 cm³/mol. The minimum absolute atomic E-state index is 0.392. The average molecular weight is 270 g/mol. The lowest BCUT2D eigenvalue weighted by Gasteiger charge is -2.28. The fraction of sp³-hybridized carbons (Fsp3) is 1.00. The maximum Gasteiger partial charge on any atom is 0.469 e. The van der Waals surface area contributed by atoms with E-state index >= 15 is 0 Å². The van der Waals surface area contributed by atoms with Gasteiger partial charge in [-0.05, 0) is 5.41 Å². The van der Waals surface area contributed by atoms with Gasteiger partial charge >= 0.3 is 7.82 Å². The zero-order chi connectivity index (χ0) is 13.4. The highest BCUT2D eigenvalue weighted by atomic mass is 31.2. The fourth-order valence-corrected chi connectivity index (χ4v) is 2.11. The molecule has 0 radical (unpaired) electrons.